The van der Waals surface area contributed by atoms with Gasteiger partial charge in [-0.15, -0.1) is 11.6 Å². The number of alkyl halides is 1. The van der Waals surface area contributed by atoms with Crippen molar-refractivity contribution in [2.75, 3.05) is 5.75 Å². The third-order valence-electron chi connectivity index (χ3n) is 2.38. The van der Waals surface area contributed by atoms with E-state index >= 15 is 0 Å². The van der Waals surface area contributed by atoms with Gasteiger partial charge < -0.3 is 0 Å². The van der Waals surface area contributed by atoms with Gasteiger partial charge in [-0.05, 0) is 32.6 Å². The van der Waals surface area contributed by atoms with Crippen LogP contribution in [0.3, 0.4) is 0 Å². The van der Waals surface area contributed by atoms with E-state index in [2.05, 4.69) is 4.72 Å². The third kappa shape index (κ3) is 3.83. The number of hydrogen-bond acceptors (Lipinski definition) is 2. The zero-order valence-corrected chi connectivity index (χ0v) is 9.37. The van der Waals surface area contributed by atoms with Crippen LogP contribution in [0, 0.1) is 0 Å². The molecule has 1 aliphatic rings. The average molecular weight is 226 g/mol. The largest absolute Gasteiger partial charge is 0.212 e. The molecule has 0 saturated heterocycles. The van der Waals surface area contributed by atoms with E-state index < -0.39 is 10.0 Å². The van der Waals surface area contributed by atoms with Crippen molar-refractivity contribution in [3.05, 3.63) is 0 Å². The summed E-state index contributed by atoms with van der Waals surface area (Å²) >= 11 is 5.91. The molecule has 0 spiro atoms. The molecule has 5 heteroatoms. The normalized spacial score (nSPS) is 30.3. The predicted molar refractivity (Wildman–Crippen MR) is 54.5 cm³/mol. The molecule has 3 nitrogen and oxygen atoms in total. The minimum Gasteiger partial charge on any atom is -0.212 e. The number of sulfonamides is 1. The highest BCUT2D eigenvalue weighted by molar-refractivity contribution is 7.89. The summed E-state index contributed by atoms with van der Waals surface area (Å²) in [6.45, 7) is 1.65. The van der Waals surface area contributed by atoms with Gasteiger partial charge in [-0.2, -0.15) is 0 Å². The molecule has 1 fully saturated rings. The molecule has 1 aliphatic carbocycles. The van der Waals surface area contributed by atoms with Crippen LogP contribution in [0.5, 0.6) is 0 Å². The molecule has 13 heavy (non-hydrogen) atoms. The predicted octanol–water partition coefficient (Wildman–Crippen LogP) is 1.48. The zero-order chi connectivity index (χ0) is 9.90. The molecule has 1 N–H and O–H groups in total. The Labute approximate surface area is 84.9 Å². The summed E-state index contributed by atoms with van der Waals surface area (Å²) < 4.78 is 25.1. The van der Waals surface area contributed by atoms with Gasteiger partial charge in [0.2, 0.25) is 10.0 Å². The van der Waals surface area contributed by atoms with Crippen LogP contribution in [-0.4, -0.2) is 25.6 Å². The Kier molecular flexibility index (Phi) is 4.01. The Morgan fingerprint density at radius 2 is 1.85 bits per heavy atom. The van der Waals surface area contributed by atoms with Crippen LogP contribution in [0.1, 0.15) is 32.6 Å². The average Bonchev–Trinajstić information content (AvgIpc) is 2.09. The summed E-state index contributed by atoms with van der Waals surface area (Å²) in [5.74, 6) is 0.161. The van der Waals surface area contributed by atoms with Gasteiger partial charge in [0, 0.05) is 11.4 Å². The lowest BCUT2D eigenvalue weighted by atomic mass is 9.96. The second-order valence-corrected chi connectivity index (χ2v) is 6.13. The van der Waals surface area contributed by atoms with Gasteiger partial charge in [-0.3, -0.25) is 0 Å². The Morgan fingerprint density at radius 1 is 1.31 bits per heavy atom. The Balaban J connectivity index is 2.39. The molecule has 0 unspecified atom stereocenters. The summed E-state index contributed by atoms with van der Waals surface area (Å²) in [4.78, 5) is 0. The Bertz CT molecular complexity index is 245. The lowest BCUT2D eigenvalue weighted by molar-refractivity contribution is 0.416. The fourth-order valence-corrected chi connectivity index (χ4v) is 2.67. The smallest absolute Gasteiger partial charge is 0.211 e. The maximum atomic E-state index is 11.2. The van der Waals surface area contributed by atoms with Crippen LogP contribution in [0.2, 0.25) is 0 Å². The third-order valence-corrected chi connectivity index (χ3v) is 4.27. The van der Waals surface area contributed by atoms with Crippen molar-refractivity contribution in [3.63, 3.8) is 0 Å². The van der Waals surface area contributed by atoms with Gasteiger partial charge in [-0.25, -0.2) is 13.1 Å². The van der Waals surface area contributed by atoms with E-state index in [1.165, 1.54) is 0 Å². The summed E-state index contributed by atoms with van der Waals surface area (Å²) in [7, 11) is -3.03. The first-order valence-electron chi connectivity index (χ1n) is 4.67. The topological polar surface area (TPSA) is 46.2 Å². The molecule has 0 aliphatic heterocycles. The van der Waals surface area contributed by atoms with Crippen LogP contribution in [0.4, 0.5) is 0 Å². The van der Waals surface area contributed by atoms with E-state index in [-0.39, 0.29) is 17.2 Å². The first-order chi connectivity index (χ1) is 6.03. The van der Waals surface area contributed by atoms with Crippen LogP contribution in [0.25, 0.3) is 0 Å². The van der Waals surface area contributed by atoms with E-state index in [1.54, 1.807) is 6.92 Å². The molecule has 0 amide bonds. The summed E-state index contributed by atoms with van der Waals surface area (Å²) in [5.41, 5.74) is 0. The first kappa shape index (κ1) is 11.3. The van der Waals surface area contributed by atoms with Crippen molar-refractivity contribution in [2.45, 2.75) is 44.0 Å². The highest BCUT2D eigenvalue weighted by Crippen LogP contribution is 2.23. The maximum absolute atomic E-state index is 11.2. The number of nitrogens with one attached hydrogen (secondary N) is 1. The lowest BCUT2D eigenvalue weighted by Gasteiger charge is -2.25. The van der Waals surface area contributed by atoms with Crippen molar-refractivity contribution in [2.24, 2.45) is 0 Å². The van der Waals surface area contributed by atoms with Crippen LogP contribution < -0.4 is 4.72 Å². The first-order valence-corrected chi connectivity index (χ1v) is 6.76. The number of halogens is 1. The molecule has 0 aromatic heterocycles. The van der Waals surface area contributed by atoms with Crippen molar-refractivity contribution in [3.8, 4) is 0 Å². The van der Waals surface area contributed by atoms with Crippen LogP contribution in [-0.2, 0) is 10.0 Å². The van der Waals surface area contributed by atoms with E-state index in [1.807, 2.05) is 0 Å². The molecular weight excluding hydrogens is 210 g/mol. The second-order valence-electron chi connectivity index (χ2n) is 3.47. The Hall–Kier alpha value is 0.200. The highest BCUT2D eigenvalue weighted by Gasteiger charge is 2.22. The molecule has 1 rings (SSSR count). The molecule has 0 bridgehead atoms. The van der Waals surface area contributed by atoms with Crippen molar-refractivity contribution < 1.29 is 8.42 Å². The minimum atomic E-state index is -3.03. The van der Waals surface area contributed by atoms with Crippen molar-refractivity contribution >= 4 is 21.6 Å². The minimum absolute atomic E-state index is 0.111. The van der Waals surface area contributed by atoms with E-state index in [0.29, 0.717) is 0 Å². The van der Waals surface area contributed by atoms with Gasteiger partial charge >= 0.3 is 0 Å². The van der Waals surface area contributed by atoms with Gasteiger partial charge in [0.1, 0.15) is 0 Å². The Morgan fingerprint density at radius 3 is 2.31 bits per heavy atom. The fourth-order valence-electron chi connectivity index (χ4n) is 1.51. The second kappa shape index (κ2) is 4.62. The van der Waals surface area contributed by atoms with Gasteiger partial charge in [0.05, 0.1) is 5.75 Å². The molecular formula is C8H16ClNO2S. The quantitative estimate of drug-likeness (QED) is 0.740. The van der Waals surface area contributed by atoms with Gasteiger partial charge in [-0.1, -0.05) is 0 Å². The molecule has 0 heterocycles. The summed E-state index contributed by atoms with van der Waals surface area (Å²) in [5, 5.41) is 0.238. The molecule has 1 saturated carbocycles. The lowest BCUT2D eigenvalue weighted by Crippen LogP contribution is -2.38. The number of hydrogen-bond donors (Lipinski definition) is 1. The van der Waals surface area contributed by atoms with Gasteiger partial charge in [0.15, 0.2) is 0 Å². The molecule has 0 aromatic carbocycles. The van der Waals surface area contributed by atoms with Crippen LogP contribution >= 0.6 is 11.6 Å². The van der Waals surface area contributed by atoms with E-state index in [9.17, 15) is 8.42 Å². The zero-order valence-electron chi connectivity index (χ0n) is 7.79. The number of rotatable bonds is 3. The SMILES string of the molecule is CCS(=O)(=O)NC1CCC(Cl)CC1. The standard InChI is InChI=1S/C8H16ClNO2S/c1-2-13(11,12)10-8-5-3-7(9)4-6-8/h7-8,10H,2-6H2,1H3. The summed E-state index contributed by atoms with van der Waals surface area (Å²) in [6, 6.07) is 0.111. The van der Waals surface area contributed by atoms with E-state index in [4.69, 9.17) is 11.6 Å². The van der Waals surface area contributed by atoms with Crippen LogP contribution in [0.15, 0.2) is 0 Å². The highest BCUT2D eigenvalue weighted by atomic mass is 35.5. The fraction of sp³-hybridized carbons (Fsp3) is 1.00. The molecule has 0 atom stereocenters. The molecule has 0 aromatic rings. The van der Waals surface area contributed by atoms with Gasteiger partial charge in [0.25, 0.3) is 0 Å². The van der Waals surface area contributed by atoms with E-state index in [0.717, 1.165) is 25.7 Å². The molecule has 78 valence electrons. The van der Waals surface area contributed by atoms with Crippen molar-refractivity contribution in [1.29, 1.82) is 0 Å². The molecule has 0 radical (unpaired) electrons. The maximum Gasteiger partial charge on any atom is 0.211 e. The van der Waals surface area contributed by atoms with Crippen molar-refractivity contribution in [1.82, 2.24) is 4.72 Å². The monoisotopic (exact) mass is 225 g/mol. The summed E-state index contributed by atoms with van der Waals surface area (Å²) in [6.07, 6.45) is 3.57.